The molecule has 20 heavy (non-hydrogen) atoms. The molecule has 2 aromatic heterocycles. The summed E-state index contributed by atoms with van der Waals surface area (Å²) in [6.45, 7) is 2.10. The van der Waals surface area contributed by atoms with Crippen LogP contribution in [0.3, 0.4) is 0 Å². The van der Waals surface area contributed by atoms with Crippen LogP contribution in [0.2, 0.25) is 5.02 Å². The van der Waals surface area contributed by atoms with Gasteiger partial charge in [0.15, 0.2) is 0 Å². The molecule has 5 heteroatoms. The van der Waals surface area contributed by atoms with E-state index < -0.39 is 0 Å². The summed E-state index contributed by atoms with van der Waals surface area (Å²) in [5.74, 6) is 0. The van der Waals surface area contributed by atoms with Crippen molar-refractivity contribution in [2.75, 3.05) is 0 Å². The van der Waals surface area contributed by atoms with E-state index in [1.54, 1.807) is 18.3 Å². The molecule has 4 nitrogen and oxygen atoms in total. The van der Waals surface area contributed by atoms with Crippen molar-refractivity contribution in [3.05, 3.63) is 57.6 Å². The Hall–Kier alpha value is -2.07. The fourth-order valence-electron chi connectivity index (χ4n) is 2.31. The zero-order valence-corrected chi connectivity index (χ0v) is 11.8. The van der Waals surface area contributed by atoms with Gasteiger partial charge in [-0.25, -0.2) is 4.68 Å². The molecule has 0 atom stereocenters. The number of aromatic nitrogens is 3. The molecule has 0 radical (unpaired) electrons. The number of nitrogens with one attached hydrogen (secondary N) is 1. The van der Waals surface area contributed by atoms with E-state index in [1.165, 1.54) is 4.68 Å². The number of nitrogens with zero attached hydrogens (tertiary/aromatic N) is 2. The lowest BCUT2D eigenvalue weighted by Crippen LogP contribution is -2.13. The Morgan fingerprint density at radius 2 is 2.00 bits per heavy atom. The molecular formula is C15H14ClN3O. The molecule has 0 spiro atoms. The van der Waals surface area contributed by atoms with E-state index in [1.807, 2.05) is 18.3 Å². The van der Waals surface area contributed by atoms with Gasteiger partial charge in [0.1, 0.15) is 0 Å². The van der Waals surface area contributed by atoms with Crippen LogP contribution in [0.5, 0.6) is 0 Å². The van der Waals surface area contributed by atoms with Crippen molar-refractivity contribution in [2.45, 2.75) is 19.8 Å². The van der Waals surface area contributed by atoms with E-state index in [0.717, 1.165) is 29.6 Å². The zero-order chi connectivity index (χ0) is 14.1. The standard InChI is InChI=1S/C15H14ClN3O/c1-2-3-10-8-17-9-13-14(10)18-19(15(13)20)12-6-4-11(16)5-7-12/h4-9,18H,2-3H2,1H3. The summed E-state index contributed by atoms with van der Waals surface area (Å²) in [5.41, 5.74) is 2.60. The molecule has 3 aromatic rings. The molecule has 0 aliphatic carbocycles. The van der Waals surface area contributed by atoms with Crippen molar-refractivity contribution >= 4 is 22.5 Å². The van der Waals surface area contributed by atoms with E-state index in [9.17, 15) is 4.79 Å². The molecule has 0 aliphatic heterocycles. The number of benzene rings is 1. The molecule has 2 heterocycles. The number of hydrogen-bond donors (Lipinski definition) is 1. The van der Waals surface area contributed by atoms with Gasteiger partial charge in [-0.1, -0.05) is 24.9 Å². The van der Waals surface area contributed by atoms with Crippen LogP contribution in [0.25, 0.3) is 16.6 Å². The van der Waals surface area contributed by atoms with Gasteiger partial charge >= 0.3 is 0 Å². The van der Waals surface area contributed by atoms with Crippen LogP contribution in [0.15, 0.2) is 41.5 Å². The molecule has 1 aromatic carbocycles. The number of H-pyrrole nitrogens is 1. The van der Waals surface area contributed by atoms with Gasteiger partial charge in [-0.15, -0.1) is 0 Å². The number of pyridine rings is 1. The third-order valence-corrected chi connectivity index (χ3v) is 3.54. The summed E-state index contributed by atoms with van der Waals surface area (Å²) < 4.78 is 1.53. The zero-order valence-electron chi connectivity index (χ0n) is 11.1. The molecule has 1 N–H and O–H groups in total. The molecule has 3 rings (SSSR count). The van der Waals surface area contributed by atoms with Crippen molar-refractivity contribution in [3.63, 3.8) is 0 Å². The van der Waals surface area contributed by atoms with Gasteiger partial charge in [0.05, 0.1) is 16.6 Å². The van der Waals surface area contributed by atoms with Crippen molar-refractivity contribution in [3.8, 4) is 5.69 Å². The summed E-state index contributed by atoms with van der Waals surface area (Å²) in [7, 11) is 0. The first kappa shape index (κ1) is 12.9. The smallest absolute Gasteiger partial charge is 0.280 e. The summed E-state index contributed by atoms with van der Waals surface area (Å²) >= 11 is 5.88. The molecule has 0 bridgehead atoms. The lowest BCUT2D eigenvalue weighted by atomic mass is 10.1. The van der Waals surface area contributed by atoms with Crippen LogP contribution in [0.4, 0.5) is 0 Å². The highest BCUT2D eigenvalue weighted by atomic mass is 35.5. The first-order chi connectivity index (χ1) is 9.70. The van der Waals surface area contributed by atoms with E-state index in [0.29, 0.717) is 10.4 Å². The van der Waals surface area contributed by atoms with Crippen LogP contribution < -0.4 is 5.56 Å². The summed E-state index contributed by atoms with van der Waals surface area (Å²) in [5, 5.41) is 4.44. The highest BCUT2D eigenvalue weighted by Crippen LogP contribution is 2.17. The Morgan fingerprint density at radius 3 is 2.70 bits per heavy atom. The van der Waals surface area contributed by atoms with Gasteiger partial charge in [-0.3, -0.25) is 14.9 Å². The van der Waals surface area contributed by atoms with Crippen molar-refractivity contribution in [1.29, 1.82) is 0 Å². The fourth-order valence-corrected chi connectivity index (χ4v) is 2.44. The topological polar surface area (TPSA) is 50.7 Å². The number of aromatic amines is 1. The minimum Gasteiger partial charge on any atom is -0.290 e. The number of hydrogen-bond acceptors (Lipinski definition) is 2. The fraction of sp³-hybridized carbons (Fsp3) is 0.200. The van der Waals surface area contributed by atoms with Crippen molar-refractivity contribution in [2.24, 2.45) is 0 Å². The second-order valence-corrected chi connectivity index (χ2v) is 5.14. The van der Waals surface area contributed by atoms with E-state index in [4.69, 9.17) is 11.6 Å². The molecule has 0 fully saturated rings. The van der Waals surface area contributed by atoms with Crippen LogP contribution >= 0.6 is 11.6 Å². The average Bonchev–Trinajstić information content (AvgIpc) is 2.79. The Bertz CT molecular complexity index is 802. The molecular weight excluding hydrogens is 274 g/mol. The Labute approximate surface area is 121 Å². The van der Waals surface area contributed by atoms with Crippen molar-refractivity contribution in [1.82, 2.24) is 14.8 Å². The van der Waals surface area contributed by atoms with Gasteiger partial charge in [0.2, 0.25) is 0 Å². The second-order valence-electron chi connectivity index (χ2n) is 4.70. The largest absolute Gasteiger partial charge is 0.290 e. The van der Waals surface area contributed by atoms with Crippen LogP contribution in [-0.2, 0) is 6.42 Å². The monoisotopic (exact) mass is 287 g/mol. The van der Waals surface area contributed by atoms with E-state index in [2.05, 4.69) is 17.0 Å². The number of aryl methyl sites for hydroxylation is 1. The van der Waals surface area contributed by atoms with Gasteiger partial charge in [0.25, 0.3) is 5.56 Å². The number of fused-ring (bicyclic) bond motifs is 1. The van der Waals surface area contributed by atoms with Gasteiger partial charge < -0.3 is 0 Å². The molecule has 0 aliphatic rings. The van der Waals surface area contributed by atoms with Gasteiger partial charge in [-0.2, -0.15) is 0 Å². The quantitative estimate of drug-likeness (QED) is 0.803. The van der Waals surface area contributed by atoms with Crippen LogP contribution in [-0.4, -0.2) is 14.8 Å². The SMILES string of the molecule is CCCc1cncc2c(=O)n(-c3ccc(Cl)cc3)[nH]c12. The predicted octanol–water partition coefficient (Wildman–Crippen LogP) is 3.32. The maximum atomic E-state index is 12.4. The average molecular weight is 288 g/mol. The van der Waals surface area contributed by atoms with Gasteiger partial charge in [-0.05, 0) is 36.2 Å². The number of halogens is 1. The number of rotatable bonds is 3. The van der Waals surface area contributed by atoms with Crippen LogP contribution in [0, 0.1) is 0 Å². The maximum Gasteiger partial charge on any atom is 0.280 e. The molecule has 0 unspecified atom stereocenters. The Kier molecular flexibility index (Phi) is 3.32. The Balaban J connectivity index is 2.22. The molecule has 0 saturated carbocycles. The first-order valence-corrected chi connectivity index (χ1v) is 6.92. The van der Waals surface area contributed by atoms with E-state index in [-0.39, 0.29) is 5.56 Å². The molecule has 0 amide bonds. The Morgan fingerprint density at radius 1 is 1.25 bits per heavy atom. The normalized spacial score (nSPS) is 11.1. The third kappa shape index (κ3) is 2.12. The highest BCUT2D eigenvalue weighted by molar-refractivity contribution is 6.30. The highest BCUT2D eigenvalue weighted by Gasteiger charge is 2.11. The van der Waals surface area contributed by atoms with Crippen LogP contribution in [0.1, 0.15) is 18.9 Å². The first-order valence-electron chi connectivity index (χ1n) is 6.54. The lowest BCUT2D eigenvalue weighted by molar-refractivity contribution is 0.855. The molecule has 102 valence electrons. The minimum absolute atomic E-state index is 0.0900. The lowest BCUT2D eigenvalue weighted by Gasteiger charge is -2.01. The predicted molar refractivity (Wildman–Crippen MR) is 80.7 cm³/mol. The van der Waals surface area contributed by atoms with Crippen molar-refractivity contribution < 1.29 is 0 Å². The van der Waals surface area contributed by atoms with E-state index >= 15 is 0 Å². The maximum absolute atomic E-state index is 12.4. The second kappa shape index (κ2) is 5.13. The summed E-state index contributed by atoms with van der Waals surface area (Å²) in [4.78, 5) is 16.6. The van der Waals surface area contributed by atoms with Gasteiger partial charge in [0, 0.05) is 17.4 Å². The summed E-state index contributed by atoms with van der Waals surface area (Å²) in [6, 6.07) is 7.15. The summed E-state index contributed by atoms with van der Waals surface area (Å²) in [6.07, 6.45) is 5.33. The third-order valence-electron chi connectivity index (χ3n) is 3.29. The minimum atomic E-state index is -0.0900. The molecule has 0 saturated heterocycles.